The molecular weight excluding hydrogens is 242 g/mol. The third-order valence-corrected chi connectivity index (χ3v) is 3.90. The van der Waals surface area contributed by atoms with Crippen molar-refractivity contribution in [1.82, 2.24) is 4.90 Å². The molecule has 1 aromatic rings. The molecule has 0 saturated carbocycles. The van der Waals surface area contributed by atoms with Crippen LogP contribution in [0.1, 0.15) is 38.7 Å². The van der Waals surface area contributed by atoms with E-state index in [0.29, 0.717) is 5.92 Å². The molecule has 2 nitrogen and oxygen atoms in total. The Labute approximate surface area is 115 Å². The minimum absolute atomic E-state index is 0.209. The van der Waals surface area contributed by atoms with Gasteiger partial charge < -0.3 is 4.90 Å². The van der Waals surface area contributed by atoms with E-state index in [9.17, 15) is 4.79 Å². The predicted octanol–water partition coefficient (Wildman–Crippen LogP) is 4.38. The molecule has 18 heavy (non-hydrogen) atoms. The molecule has 0 spiro atoms. The molecule has 0 N–H and O–H groups in total. The number of amides is 1. The SMILES string of the molecule is CCSC(=O)N(CC)CCC(C)c1ccccc1. The average Bonchev–Trinajstić information content (AvgIpc) is 2.40. The van der Waals surface area contributed by atoms with Gasteiger partial charge in [-0.25, -0.2) is 0 Å². The zero-order valence-corrected chi connectivity index (χ0v) is 12.4. The van der Waals surface area contributed by atoms with Gasteiger partial charge in [0.05, 0.1) is 0 Å². The summed E-state index contributed by atoms with van der Waals surface area (Å²) < 4.78 is 0. The highest BCUT2D eigenvalue weighted by Crippen LogP contribution is 2.19. The van der Waals surface area contributed by atoms with Crippen molar-refractivity contribution in [1.29, 1.82) is 0 Å². The highest BCUT2D eigenvalue weighted by atomic mass is 32.2. The normalized spacial score (nSPS) is 12.2. The topological polar surface area (TPSA) is 20.3 Å². The number of carbonyl (C=O) groups is 1. The zero-order chi connectivity index (χ0) is 13.4. The molecule has 1 aromatic carbocycles. The Bertz CT molecular complexity index is 353. The first kappa shape index (κ1) is 15.1. The van der Waals surface area contributed by atoms with Crippen LogP contribution in [0.2, 0.25) is 0 Å². The second-order valence-electron chi connectivity index (χ2n) is 4.38. The van der Waals surface area contributed by atoms with Crippen LogP contribution in [0.4, 0.5) is 4.79 Å². The van der Waals surface area contributed by atoms with E-state index in [2.05, 4.69) is 31.2 Å². The monoisotopic (exact) mass is 265 g/mol. The summed E-state index contributed by atoms with van der Waals surface area (Å²) in [4.78, 5) is 13.8. The molecule has 3 heteroatoms. The summed E-state index contributed by atoms with van der Waals surface area (Å²) in [5, 5.41) is 0.209. The van der Waals surface area contributed by atoms with Crippen LogP contribution in [0.5, 0.6) is 0 Å². The Morgan fingerprint density at radius 2 is 1.94 bits per heavy atom. The van der Waals surface area contributed by atoms with Gasteiger partial charge in [0.1, 0.15) is 0 Å². The summed E-state index contributed by atoms with van der Waals surface area (Å²) in [7, 11) is 0. The van der Waals surface area contributed by atoms with E-state index in [0.717, 1.165) is 25.3 Å². The van der Waals surface area contributed by atoms with Crippen molar-refractivity contribution in [2.45, 2.75) is 33.1 Å². The van der Waals surface area contributed by atoms with Crippen LogP contribution < -0.4 is 0 Å². The Morgan fingerprint density at radius 1 is 1.28 bits per heavy atom. The quantitative estimate of drug-likeness (QED) is 0.761. The van der Waals surface area contributed by atoms with Crippen molar-refractivity contribution in [3.8, 4) is 0 Å². The molecule has 0 aliphatic heterocycles. The number of hydrogen-bond donors (Lipinski definition) is 0. The van der Waals surface area contributed by atoms with Crippen molar-refractivity contribution in [3.05, 3.63) is 35.9 Å². The summed E-state index contributed by atoms with van der Waals surface area (Å²) in [5.41, 5.74) is 1.35. The van der Waals surface area contributed by atoms with Crippen LogP contribution in [-0.2, 0) is 0 Å². The largest absolute Gasteiger partial charge is 0.334 e. The minimum Gasteiger partial charge on any atom is -0.334 e. The van der Waals surface area contributed by atoms with Gasteiger partial charge in [-0.2, -0.15) is 0 Å². The maximum atomic E-state index is 11.8. The number of hydrogen-bond acceptors (Lipinski definition) is 2. The van der Waals surface area contributed by atoms with Crippen molar-refractivity contribution in [2.24, 2.45) is 0 Å². The molecule has 0 fully saturated rings. The van der Waals surface area contributed by atoms with Gasteiger partial charge in [0, 0.05) is 13.1 Å². The lowest BCUT2D eigenvalue weighted by molar-refractivity contribution is 0.224. The first-order chi connectivity index (χ1) is 8.69. The van der Waals surface area contributed by atoms with Crippen LogP contribution in [-0.4, -0.2) is 29.0 Å². The lowest BCUT2D eigenvalue weighted by Crippen LogP contribution is -2.29. The van der Waals surface area contributed by atoms with E-state index in [1.807, 2.05) is 24.8 Å². The lowest BCUT2D eigenvalue weighted by atomic mass is 9.98. The van der Waals surface area contributed by atoms with Gasteiger partial charge in [-0.1, -0.05) is 55.9 Å². The van der Waals surface area contributed by atoms with Gasteiger partial charge in [0.2, 0.25) is 0 Å². The predicted molar refractivity (Wildman–Crippen MR) is 80.2 cm³/mol. The Morgan fingerprint density at radius 3 is 2.50 bits per heavy atom. The van der Waals surface area contributed by atoms with Gasteiger partial charge in [-0.15, -0.1) is 0 Å². The Kier molecular flexibility index (Phi) is 6.88. The molecule has 0 heterocycles. The molecule has 1 atom stereocenters. The molecule has 1 unspecified atom stereocenters. The summed E-state index contributed by atoms with van der Waals surface area (Å²) >= 11 is 1.40. The summed E-state index contributed by atoms with van der Waals surface area (Å²) in [6.45, 7) is 7.93. The molecule has 0 saturated heterocycles. The number of carbonyl (C=O) groups excluding carboxylic acids is 1. The number of thioether (sulfide) groups is 1. The van der Waals surface area contributed by atoms with E-state index in [1.165, 1.54) is 17.3 Å². The second kappa shape index (κ2) is 8.20. The summed E-state index contributed by atoms with van der Waals surface area (Å²) in [6.07, 6.45) is 1.02. The zero-order valence-electron chi connectivity index (χ0n) is 11.6. The molecule has 1 amide bonds. The van der Waals surface area contributed by atoms with Crippen LogP contribution in [0, 0.1) is 0 Å². The van der Waals surface area contributed by atoms with Gasteiger partial charge in [-0.3, -0.25) is 4.79 Å². The smallest absolute Gasteiger partial charge is 0.281 e. The molecular formula is C15H23NOS. The summed E-state index contributed by atoms with van der Waals surface area (Å²) in [6, 6.07) is 10.5. The van der Waals surface area contributed by atoms with Crippen molar-refractivity contribution in [3.63, 3.8) is 0 Å². The lowest BCUT2D eigenvalue weighted by Gasteiger charge is -2.22. The first-order valence-corrected chi connectivity index (χ1v) is 7.64. The standard InChI is InChI=1S/C15H23NOS/c1-4-16(15(17)18-5-2)12-11-13(3)14-9-7-6-8-10-14/h6-10,13H,4-5,11-12H2,1-3H3. The van der Waals surface area contributed by atoms with Gasteiger partial charge in [0.15, 0.2) is 0 Å². The number of benzene rings is 1. The fraction of sp³-hybridized carbons (Fsp3) is 0.533. The van der Waals surface area contributed by atoms with E-state index in [-0.39, 0.29) is 5.24 Å². The molecule has 0 radical (unpaired) electrons. The van der Waals surface area contributed by atoms with E-state index in [1.54, 1.807) is 0 Å². The average molecular weight is 265 g/mol. The molecule has 0 bridgehead atoms. The van der Waals surface area contributed by atoms with Crippen LogP contribution in [0.3, 0.4) is 0 Å². The minimum atomic E-state index is 0.209. The van der Waals surface area contributed by atoms with Crippen LogP contribution in [0.25, 0.3) is 0 Å². The van der Waals surface area contributed by atoms with E-state index >= 15 is 0 Å². The Hall–Kier alpha value is -0.960. The molecule has 100 valence electrons. The van der Waals surface area contributed by atoms with Crippen LogP contribution >= 0.6 is 11.8 Å². The molecule has 0 aliphatic carbocycles. The third-order valence-electron chi connectivity index (χ3n) is 3.11. The van der Waals surface area contributed by atoms with Gasteiger partial charge >= 0.3 is 0 Å². The summed E-state index contributed by atoms with van der Waals surface area (Å²) in [5.74, 6) is 1.35. The molecule has 0 aliphatic rings. The van der Waals surface area contributed by atoms with Crippen LogP contribution in [0.15, 0.2) is 30.3 Å². The van der Waals surface area contributed by atoms with E-state index < -0.39 is 0 Å². The highest BCUT2D eigenvalue weighted by Gasteiger charge is 2.13. The number of nitrogens with zero attached hydrogens (tertiary/aromatic N) is 1. The van der Waals surface area contributed by atoms with Gasteiger partial charge in [-0.05, 0) is 30.6 Å². The fourth-order valence-electron chi connectivity index (χ4n) is 1.89. The van der Waals surface area contributed by atoms with E-state index in [4.69, 9.17) is 0 Å². The second-order valence-corrected chi connectivity index (χ2v) is 5.59. The van der Waals surface area contributed by atoms with Crippen molar-refractivity contribution >= 4 is 17.0 Å². The number of rotatable bonds is 6. The molecule has 1 rings (SSSR count). The van der Waals surface area contributed by atoms with Crippen molar-refractivity contribution in [2.75, 3.05) is 18.8 Å². The first-order valence-electron chi connectivity index (χ1n) is 6.65. The highest BCUT2D eigenvalue weighted by molar-refractivity contribution is 8.13. The maximum absolute atomic E-state index is 11.8. The Balaban J connectivity index is 2.45. The molecule has 0 aromatic heterocycles. The fourth-order valence-corrected chi connectivity index (χ4v) is 2.54. The third kappa shape index (κ3) is 4.73. The maximum Gasteiger partial charge on any atom is 0.281 e. The van der Waals surface area contributed by atoms with Gasteiger partial charge in [0.25, 0.3) is 5.24 Å². The van der Waals surface area contributed by atoms with Crippen molar-refractivity contribution < 1.29 is 4.79 Å².